The van der Waals surface area contributed by atoms with Crippen molar-refractivity contribution in [1.82, 2.24) is 20.2 Å². The fourth-order valence-corrected chi connectivity index (χ4v) is 3.93. The number of urea groups is 1. The number of aromatic nitrogens is 2. The number of imidazole rings is 1. The van der Waals surface area contributed by atoms with E-state index in [1.165, 1.54) is 11.1 Å². The van der Waals surface area contributed by atoms with Crippen LogP contribution in [-0.4, -0.2) is 34.8 Å². The van der Waals surface area contributed by atoms with E-state index in [0.717, 1.165) is 37.3 Å². The Morgan fingerprint density at radius 2 is 2.08 bits per heavy atom. The van der Waals surface area contributed by atoms with Crippen LogP contribution in [0.1, 0.15) is 41.4 Å². The molecule has 3 heterocycles. The molecule has 0 fully saturated rings. The van der Waals surface area contributed by atoms with Crippen LogP contribution in [-0.2, 0) is 24.3 Å². The second kappa shape index (κ2) is 7.50. The Labute approximate surface area is 154 Å². The fraction of sp³-hybridized carbons (Fsp3) is 0.500. The molecule has 0 bridgehead atoms. The number of fused-ring (bicyclic) bond motifs is 2. The average molecular weight is 354 g/mol. The third-order valence-electron chi connectivity index (χ3n) is 5.28. The number of benzene rings is 1. The van der Waals surface area contributed by atoms with Gasteiger partial charge >= 0.3 is 6.03 Å². The normalized spacial score (nSPS) is 21.6. The van der Waals surface area contributed by atoms with Crippen molar-refractivity contribution in [3.63, 3.8) is 0 Å². The van der Waals surface area contributed by atoms with E-state index in [9.17, 15) is 4.79 Å². The van der Waals surface area contributed by atoms with Gasteiger partial charge in [-0.1, -0.05) is 24.3 Å². The maximum Gasteiger partial charge on any atom is 0.314 e. The lowest BCUT2D eigenvalue weighted by Crippen LogP contribution is -2.43. The number of hydrogen-bond donors (Lipinski definition) is 2. The molecular weight excluding hydrogens is 328 g/mol. The molecule has 2 aliphatic rings. The summed E-state index contributed by atoms with van der Waals surface area (Å²) in [5.74, 6) is 1.39. The van der Waals surface area contributed by atoms with E-state index in [1.807, 2.05) is 13.0 Å². The van der Waals surface area contributed by atoms with Crippen LogP contribution in [0.2, 0.25) is 0 Å². The minimum Gasteiger partial charge on any atom is -0.371 e. The molecule has 2 N–H and O–H groups in total. The van der Waals surface area contributed by atoms with E-state index >= 15 is 0 Å². The molecule has 2 amide bonds. The predicted molar refractivity (Wildman–Crippen MR) is 99.1 cm³/mol. The van der Waals surface area contributed by atoms with E-state index < -0.39 is 0 Å². The van der Waals surface area contributed by atoms with E-state index in [2.05, 4.69) is 44.6 Å². The highest BCUT2D eigenvalue weighted by Crippen LogP contribution is 2.26. The molecule has 1 unspecified atom stereocenters. The lowest BCUT2D eigenvalue weighted by Gasteiger charge is -2.26. The summed E-state index contributed by atoms with van der Waals surface area (Å²) in [4.78, 5) is 16.8. The van der Waals surface area contributed by atoms with Crippen molar-refractivity contribution in [2.75, 3.05) is 13.1 Å². The van der Waals surface area contributed by atoms with Gasteiger partial charge in [-0.15, -0.1) is 0 Å². The standard InChI is InChI=1S/C20H26N4O2/c1-14-12-24-8-4-7-16(19(24)23-14)10-21-20(25)22-11-18-9-15-5-2-3-6-17(15)13-26-18/h2-3,5-6,12,16,18H,4,7-11,13H2,1H3,(H2,21,22,25)/t16?,18-/m0/s1. The Kier molecular flexibility index (Phi) is 4.93. The lowest BCUT2D eigenvalue weighted by molar-refractivity contribution is 0.0305. The van der Waals surface area contributed by atoms with E-state index in [0.29, 0.717) is 25.6 Å². The van der Waals surface area contributed by atoms with Gasteiger partial charge in [-0.05, 0) is 30.9 Å². The van der Waals surface area contributed by atoms with Gasteiger partial charge < -0.3 is 19.9 Å². The minimum atomic E-state index is -0.132. The van der Waals surface area contributed by atoms with Crippen molar-refractivity contribution < 1.29 is 9.53 Å². The molecule has 0 saturated heterocycles. The van der Waals surface area contributed by atoms with Gasteiger partial charge in [0.25, 0.3) is 0 Å². The van der Waals surface area contributed by atoms with Crippen molar-refractivity contribution in [1.29, 1.82) is 0 Å². The van der Waals surface area contributed by atoms with Crippen molar-refractivity contribution in [3.8, 4) is 0 Å². The highest BCUT2D eigenvalue weighted by molar-refractivity contribution is 5.73. The zero-order valence-corrected chi connectivity index (χ0v) is 15.2. The quantitative estimate of drug-likeness (QED) is 0.886. The van der Waals surface area contributed by atoms with Crippen molar-refractivity contribution in [2.24, 2.45) is 0 Å². The first-order valence-corrected chi connectivity index (χ1v) is 9.43. The monoisotopic (exact) mass is 354 g/mol. The molecule has 0 radical (unpaired) electrons. The molecule has 0 aliphatic carbocycles. The molecule has 138 valence electrons. The number of nitrogens with one attached hydrogen (secondary N) is 2. The summed E-state index contributed by atoms with van der Waals surface area (Å²) in [7, 11) is 0. The van der Waals surface area contributed by atoms with Crippen molar-refractivity contribution in [2.45, 2.75) is 51.4 Å². The molecule has 6 nitrogen and oxygen atoms in total. The Morgan fingerprint density at radius 1 is 1.27 bits per heavy atom. The minimum absolute atomic E-state index is 0.0341. The largest absolute Gasteiger partial charge is 0.371 e. The summed E-state index contributed by atoms with van der Waals surface area (Å²) < 4.78 is 8.06. The Morgan fingerprint density at radius 3 is 2.96 bits per heavy atom. The highest BCUT2D eigenvalue weighted by atomic mass is 16.5. The van der Waals surface area contributed by atoms with Gasteiger partial charge in [0.1, 0.15) is 5.82 Å². The summed E-state index contributed by atoms with van der Waals surface area (Å²) >= 11 is 0. The van der Waals surface area contributed by atoms with Crippen LogP contribution in [0.5, 0.6) is 0 Å². The molecule has 2 atom stereocenters. The van der Waals surface area contributed by atoms with Gasteiger partial charge in [-0.25, -0.2) is 9.78 Å². The van der Waals surface area contributed by atoms with Gasteiger partial charge in [0, 0.05) is 38.2 Å². The van der Waals surface area contributed by atoms with Crippen LogP contribution in [0.25, 0.3) is 0 Å². The van der Waals surface area contributed by atoms with E-state index in [1.54, 1.807) is 0 Å². The van der Waals surface area contributed by atoms with Crippen LogP contribution >= 0.6 is 0 Å². The number of nitrogens with zero attached hydrogens (tertiary/aromatic N) is 2. The summed E-state index contributed by atoms with van der Waals surface area (Å²) in [6, 6.07) is 8.19. The Hall–Kier alpha value is -2.34. The van der Waals surface area contributed by atoms with Gasteiger partial charge in [0.15, 0.2) is 0 Å². The molecule has 26 heavy (non-hydrogen) atoms. The maximum absolute atomic E-state index is 12.2. The number of carbonyl (C=O) groups excluding carboxylic acids is 1. The number of hydrogen-bond acceptors (Lipinski definition) is 3. The first kappa shape index (κ1) is 17.1. The van der Waals surface area contributed by atoms with Crippen LogP contribution in [0, 0.1) is 6.92 Å². The molecular formula is C20H26N4O2. The summed E-state index contributed by atoms with van der Waals surface area (Å²) in [6.45, 7) is 4.81. The predicted octanol–water partition coefficient (Wildman–Crippen LogP) is 2.51. The maximum atomic E-state index is 12.2. The second-order valence-electron chi connectivity index (χ2n) is 7.27. The molecule has 1 aromatic carbocycles. The third-order valence-corrected chi connectivity index (χ3v) is 5.28. The number of amides is 2. The Balaban J connectivity index is 1.24. The highest BCUT2D eigenvalue weighted by Gasteiger charge is 2.23. The molecule has 1 aromatic heterocycles. The smallest absolute Gasteiger partial charge is 0.314 e. The zero-order chi connectivity index (χ0) is 17.9. The number of ether oxygens (including phenoxy) is 1. The molecule has 2 aromatic rings. The molecule has 6 heteroatoms. The summed E-state index contributed by atoms with van der Waals surface area (Å²) in [6.07, 6.45) is 5.17. The van der Waals surface area contributed by atoms with Gasteiger partial charge in [0.05, 0.1) is 18.4 Å². The van der Waals surface area contributed by atoms with Crippen molar-refractivity contribution >= 4 is 6.03 Å². The van der Waals surface area contributed by atoms with Crippen LogP contribution in [0.3, 0.4) is 0 Å². The van der Waals surface area contributed by atoms with E-state index in [-0.39, 0.29) is 12.1 Å². The van der Waals surface area contributed by atoms with Gasteiger partial charge in [0.2, 0.25) is 0 Å². The molecule has 0 spiro atoms. The zero-order valence-electron chi connectivity index (χ0n) is 15.2. The molecule has 2 aliphatic heterocycles. The number of aryl methyl sites for hydroxylation is 2. The average Bonchev–Trinajstić information content (AvgIpc) is 3.05. The first-order valence-electron chi connectivity index (χ1n) is 9.43. The SMILES string of the molecule is Cc1cn2c(n1)C(CNC(=O)NC[C@@H]1Cc3ccccc3CO1)CCC2. The Bertz CT molecular complexity index is 786. The lowest BCUT2D eigenvalue weighted by atomic mass is 9.99. The van der Waals surface area contributed by atoms with E-state index in [4.69, 9.17) is 4.74 Å². The molecule has 0 saturated carbocycles. The van der Waals surface area contributed by atoms with Gasteiger partial charge in [-0.2, -0.15) is 0 Å². The number of carbonyl (C=O) groups is 1. The van der Waals surface area contributed by atoms with Crippen LogP contribution in [0.15, 0.2) is 30.5 Å². The third kappa shape index (κ3) is 3.75. The summed E-state index contributed by atoms with van der Waals surface area (Å²) in [5, 5.41) is 5.95. The molecule has 4 rings (SSSR count). The van der Waals surface area contributed by atoms with Crippen LogP contribution in [0.4, 0.5) is 4.79 Å². The fourth-order valence-electron chi connectivity index (χ4n) is 3.93. The second-order valence-corrected chi connectivity index (χ2v) is 7.27. The number of rotatable bonds is 4. The van der Waals surface area contributed by atoms with Crippen molar-refractivity contribution in [3.05, 3.63) is 53.1 Å². The summed E-state index contributed by atoms with van der Waals surface area (Å²) in [5.41, 5.74) is 3.61. The topological polar surface area (TPSA) is 68.2 Å². The first-order chi connectivity index (χ1) is 12.7. The van der Waals surface area contributed by atoms with Crippen LogP contribution < -0.4 is 10.6 Å². The van der Waals surface area contributed by atoms with Gasteiger partial charge in [-0.3, -0.25) is 0 Å².